The highest BCUT2D eigenvalue weighted by Crippen LogP contribution is 2.12. The summed E-state index contributed by atoms with van der Waals surface area (Å²) in [6.07, 6.45) is 1.13. The first kappa shape index (κ1) is 18.6. The third kappa shape index (κ3) is 5.68. The lowest BCUT2D eigenvalue weighted by atomic mass is 10.1. The molecule has 2 rings (SSSR count). The van der Waals surface area contributed by atoms with Gasteiger partial charge in [0.1, 0.15) is 11.6 Å². The van der Waals surface area contributed by atoms with E-state index in [9.17, 15) is 17.6 Å². The van der Waals surface area contributed by atoms with Gasteiger partial charge in [0.25, 0.3) is 5.91 Å². The van der Waals surface area contributed by atoms with Gasteiger partial charge in [-0.15, -0.1) is 0 Å². The van der Waals surface area contributed by atoms with Crippen molar-refractivity contribution in [2.24, 2.45) is 5.10 Å². The molecular weight excluding hydrogens is 347 g/mol. The molecule has 0 saturated heterocycles. The Morgan fingerprint density at radius 3 is 2.48 bits per heavy atom. The normalized spacial score (nSPS) is 11.9. The highest BCUT2D eigenvalue weighted by Gasteiger charge is 2.08. The van der Waals surface area contributed by atoms with Crippen molar-refractivity contribution < 1.29 is 22.3 Å². The molecule has 0 atom stereocenters. The van der Waals surface area contributed by atoms with Crippen molar-refractivity contribution >= 4 is 21.5 Å². The molecule has 0 heterocycles. The van der Waals surface area contributed by atoms with Gasteiger partial charge in [0.2, 0.25) is 0 Å². The van der Waals surface area contributed by atoms with Gasteiger partial charge in [-0.05, 0) is 36.8 Å². The average molecular weight is 364 g/mol. The van der Waals surface area contributed by atoms with E-state index in [1.165, 1.54) is 36.4 Å². The van der Waals surface area contributed by atoms with Crippen LogP contribution in [0, 0.1) is 5.82 Å². The van der Waals surface area contributed by atoms with Gasteiger partial charge in [0, 0.05) is 12.3 Å². The molecule has 0 radical (unpaired) electrons. The molecular formula is C17H17FN2O4S. The minimum Gasteiger partial charge on any atom is -0.484 e. The Bertz CT molecular complexity index is 893. The number of carbonyl (C=O) groups is 1. The molecule has 1 N–H and O–H groups in total. The molecule has 0 aliphatic carbocycles. The summed E-state index contributed by atoms with van der Waals surface area (Å²) in [5.74, 6) is -0.715. The summed E-state index contributed by atoms with van der Waals surface area (Å²) in [6, 6.07) is 11.6. The molecule has 0 aliphatic rings. The van der Waals surface area contributed by atoms with Crippen LogP contribution in [0.5, 0.6) is 5.75 Å². The van der Waals surface area contributed by atoms with Crippen LogP contribution in [0.4, 0.5) is 4.39 Å². The van der Waals surface area contributed by atoms with Gasteiger partial charge >= 0.3 is 0 Å². The lowest BCUT2D eigenvalue weighted by Gasteiger charge is -2.06. The highest BCUT2D eigenvalue weighted by molar-refractivity contribution is 7.90. The fraction of sp³-hybridized carbons (Fsp3) is 0.176. The predicted octanol–water partition coefficient (Wildman–Crippen LogP) is 2.15. The molecule has 0 aliphatic heterocycles. The summed E-state index contributed by atoms with van der Waals surface area (Å²) < 4.78 is 41.0. The summed E-state index contributed by atoms with van der Waals surface area (Å²) in [5, 5.41) is 3.93. The first-order valence-electron chi connectivity index (χ1n) is 7.28. The number of nitrogens with zero attached hydrogens (tertiary/aromatic N) is 1. The Kier molecular flexibility index (Phi) is 5.87. The van der Waals surface area contributed by atoms with Crippen molar-refractivity contribution in [3.05, 3.63) is 59.9 Å². The van der Waals surface area contributed by atoms with Crippen LogP contribution in [0.2, 0.25) is 0 Å². The topological polar surface area (TPSA) is 84.8 Å². The van der Waals surface area contributed by atoms with Crippen molar-refractivity contribution in [3.8, 4) is 5.75 Å². The molecule has 6 nitrogen and oxygen atoms in total. The standard InChI is InChI=1S/C17H17FN2O4S/c1-12(13-6-8-16(9-7-13)25(2,22)23)19-20-17(21)11-24-15-5-3-4-14(18)10-15/h3-10H,11H2,1-2H3,(H,20,21)/b19-12-. The van der Waals surface area contributed by atoms with E-state index in [4.69, 9.17) is 4.74 Å². The summed E-state index contributed by atoms with van der Waals surface area (Å²) in [6.45, 7) is 1.36. The van der Waals surface area contributed by atoms with Crippen molar-refractivity contribution in [3.63, 3.8) is 0 Å². The Morgan fingerprint density at radius 1 is 1.20 bits per heavy atom. The number of benzene rings is 2. The molecule has 2 aromatic carbocycles. The number of ether oxygens (including phenoxy) is 1. The van der Waals surface area contributed by atoms with Crippen LogP contribution < -0.4 is 10.2 Å². The maximum Gasteiger partial charge on any atom is 0.277 e. The van der Waals surface area contributed by atoms with Crippen LogP contribution in [-0.2, 0) is 14.6 Å². The fourth-order valence-corrected chi connectivity index (χ4v) is 2.52. The van der Waals surface area contributed by atoms with Gasteiger partial charge in [-0.3, -0.25) is 4.79 Å². The van der Waals surface area contributed by atoms with Crippen molar-refractivity contribution in [1.82, 2.24) is 5.43 Å². The quantitative estimate of drug-likeness (QED) is 0.629. The third-order valence-corrected chi connectivity index (χ3v) is 4.34. The van der Waals surface area contributed by atoms with E-state index in [1.807, 2.05) is 0 Å². The predicted molar refractivity (Wildman–Crippen MR) is 91.8 cm³/mol. The van der Waals surface area contributed by atoms with Gasteiger partial charge in [-0.1, -0.05) is 18.2 Å². The first-order valence-corrected chi connectivity index (χ1v) is 9.17. The minimum atomic E-state index is -3.26. The van der Waals surface area contributed by atoms with E-state index in [0.29, 0.717) is 11.3 Å². The van der Waals surface area contributed by atoms with E-state index < -0.39 is 21.6 Å². The molecule has 132 valence electrons. The summed E-state index contributed by atoms with van der Waals surface area (Å²) in [5.41, 5.74) is 3.49. The molecule has 0 aromatic heterocycles. The van der Waals surface area contributed by atoms with E-state index in [-0.39, 0.29) is 17.3 Å². The second-order valence-electron chi connectivity index (χ2n) is 5.27. The molecule has 0 fully saturated rings. The van der Waals surface area contributed by atoms with Gasteiger partial charge in [-0.2, -0.15) is 5.10 Å². The van der Waals surface area contributed by atoms with Gasteiger partial charge in [0.15, 0.2) is 16.4 Å². The van der Waals surface area contributed by atoms with Crippen LogP contribution in [0.3, 0.4) is 0 Å². The van der Waals surface area contributed by atoms with Crippen LogP contribution in [-0.4, -0.2) is 32.9 Å². The fourth-order valence-electron chi connectivity index (χ4n) is 1.89. The maximum absolute atomic E-state index is 13.0. The zero-order valence-electron chi connectivity index (χ0n) is 13.7. The number of hydrazone groups is 1. The summed E-state index contributed by atoms with van der Waals surface area (Å²) >= 11 is 0. The number of rotatable bonds is 6. The summed E-state index contributed by atoms with van der Waals surface area (Å²) in [7, 11) is -3.26. The highest BCUT2D eigenvalue weighted by atomic mass is 32.2. The van der Waals surface area contributed by atoms with Crippen molar-refractivity contribution in [2.45, 2.75) is 11.8 Å². The molecule has 8 heteroatoms. The monoisotopic (exact) mass is 364 g/mol. The molecule has 0 bridgehead atoms. The van der Waals surface area contributed by atoms with E-state index in [1.54, 1.807) is 19.1 Å². The second-order valence-corrected chi connectivity index (χ2v) is 7.29. The molecule has 2 aromatic rings. The van der Waals surface area contributed by atoms with Crippen molar-refractivity contribution in [1.29, 1.82) is 0 Å². The van der Waals surface area contributed by atoms with Crippen LogP contribution in [0.15, 0.2) is 58.5 Å². The third-order valence-electron chi connectivity index (χ3n) is 3.21. The number of amides is 1. The first-order chi connectivity index (χ1) is 11.8. The number of carbonyl (C=O) groups excluding carboxylic acids is 1. The Hall–Kier alpha value is -2.74. The van der Waals surface area contributed by atoms with E-state index in [2.05, 4.69) is 10.5 Å². The average Bonchev–Trinajstić information content (AvgIpc) is 2.57. The molecule has 0 spiro atoms. The van der Waals surface area contributed by atoms with Gasteiger partial charge < -0.3 is 4.74 Å². The van der Waals surface area contributed by atoms with Crippen LogP contribution in [0.1, 0.15) is 12.5 Å². The largest absolute Gasteiger partial charge is 0.484 e. The number of nitrogens with one attached hydrogen (secondary N) is 1. The van der Waals surface area contributed by atoms with Gasteiger partial charge in [0.05, 0.1) is 10.6 Å². The SMILES string of the molecule is C/C(=N/NC(=O)COc1cccc(F)c1)c1ccc(S(C)(=O)=O)cc1. The molecule has 0 unspecified atom stereocenters. The lowest BCUT2D eigenvalue weighted by Crippen LogP contribution is -2.25. The Morgan fingerprint density at radius 2 is 1.88 bits per heavy atom. The maximum atomic E-state index is 13.0. The molecule has 25 heavy (non-hydrogen) atoms. The van der Waals surface area contributed by atoms with Crippen LogP contribution >= 0.6 is 0 Å². The van der Waals surface area contributed by atoms with Gasteiger partial charge in [-0.25, -0.2) is 18.2 Å². The smallest absolute Gasteiger partial charge is 0.277 e. The lowest BCUT2D eigenvalue weighted by molar-refractivity contribution is -0.123. The van der Waals surface area contributed by atoms with E-state index in [0.717, 1.165) is 6.26 Å². The number of sulfone groups is 1. The molecule has 0 saturated carbocycles. The van der Waals surface area contributed by atoms with Crippen molar-refractivity contribution in [2.75, 3.05) is 12.9 Å². The van der Waals surface area contributed by atoms with Crippen LogP contribution in [0.25, 0.3) is 0 Å². The zero-order valence-corrected chi connectivity index (χ0v) is 14.5. The number of hydrogen-bond donors (Lipinski definition) is 1. The second kappa shape index (κ2) is 7.89. The minimum absolute atomic E-state index is 0.205. The number of halogens is 1. The number of hydrogen-bond acceptors (Lipinski definition) is 5. The Balaban J connectivity index is 1.92. The summed E-state index contributed by atoms with van der Waals surface area (Å²) in [4.78, 5) is 11.9. The Labute approximate surface area is 145 Å². The molecule has 1 amide bonds. The van der Waals surface area contributed by atoms with E-state index >= 15 is 0 Å². The zero-order chi connectivity index (χ0) is 18.4.